The van der Waals surface area contributed by atoms with Crippen molar-refractivity contribution >= 4 is 27.3 Å². The molecule has 27 heavy (non-hydrogen) atoms. The van der Waals surface area contributed by atoms with Gasteiger partial charge in [0, 0.05) is 53.0 Å². The van der Waals surface area contributed by atoms with Crippen LogP contribution in [0.2, 0.25) is 0 Å². The van der Waals surface area contributed by atoms with Gasteiger partial charge in [-0.25, -0.2) is 0 Å². The third kappa shape index (κ3) is 3.26. The predicted octanol–water partition coefficient (Wildman–Crippen LogP) is 3.90. The lowest BCUT2D eigenvalue weighted by Crippen LogP contribution is -2.44. The summed E-state index contributed by atoms with van der Waals surface area (Å²) < 4.78 is 7.10. The second kappa shape index (κ2) is 7.46. The van der Waals surface area contributed by atoms with Crippen LogP contribution in [0.5, 0.6) is 0 Å². The zero-order valence-corrected chi connectivity index (χ0v) is 17.1. The molecular formula is C22H26BrN3O. The molecule has 5 heteroatoms. The van der Waals surface area contributed by atoms with E-state index in [0.29, 0.717) is 12.0 Å². The number of hydrogen-bond acceptors (Lipinski definition) is 4. The highest BCUT2D eigenvalue weighted by atomic mass is 79.9. The average molecular weight is 428 g/mol. The molecule has 2 aromatic rings. The highest BCUT2D eigenvalue weighted by molar-refractivity contribution is 9.10. The summed E-state index contributed by atoms with van der Waals surface area (Å²) in [7, 11) is 0. The van der Waals surface area contributed by atoms with Gasteiger partial charge in [0.2, 0.25) is 0 Å². The van der Waals surface area contributed by atoms with Crippen LogP contribution >= 0.6 is 15.9 Å². The molecule has 3 heterocycles. The SMILES string of the molecule is Brc1ccccc1CCNc1cc2c3c(c1)[C@@H]1CNCC[C@@H]1N3CCOC2. The van der Waals surface area contributed by atoms with E-state index in [-0.39, 0.29) is 0 Å². The number of hydrogen-bond donors (Lipinski definition) is 2. The first kappa shape index (κ1) is 17.5. The molecule has 5 rings (SSSR count). The molecule has 3 aliphatic rings. The number of ether oxygens (including phenoxy) is 1. The maximum Gasteiger partial charge on any atom is 0.0738 e. The van der Waals surface area contributed by atoms with Gasteiger partial charge in [0.05, 0.1) is 13.2 Å². The number of rotatable bonds is 4. The molecule has 1 fully saturated rings. The van der Waals surface area contributed by atoms with Gasteiger partial charge in [0.15, 0.2) is 0 Å². The van der Waals surface area contributed by atoms with E-state index in [1.807, 2.05) is 0 Å². The quantitative estimate of drug-likeness (QED) is 0.775. The van der Waals surface area contributed by atoms with E-state index >= 15 is 0 Å². The van der Waals surface area contributed by atoms with Crippen LogP contribution in [-0.4, -0.2) is 38.8 Å². The summed E-state index contributed by atoms with van der Waals surface area (Å²) in [5.74, 6) is 0.607. The van der Waals surface area contributed by atoms with Gasteiger partial charge in [0.1, 0.15) is 0 Å². The van der Waals surface area contributed by atoms with Crippen molar-refractivity contribution in [1.29, 1.82) is 0 Å². The van der Waals surface area contributed by atoms with Crippen molar-refractivity contribution in [1.82, 2.24) is 5.32 Å². The monoisotopic (exact) mass is 427 g/mol. The fourth-order valence-electron chi connectivity index (χ4n) is 4.93. The Bertz CT molecular complexity index is 840. The van der Waals surface area contributed by atoms with Gasteiger partial charge in [-0.3, -0.25) is 0 Å². The van der Waals surface area contributed by atoms with E-state index in [1.54, 1.807) is 0 Å². The Hall–Kier alpha value is -1.56. The molecule has 2 aromatic carbocycles. The zero-order chi connectivity index (χ0) is 18.2. The van der Waals surface area contributed by atoms with Gasteiger partial charge >= 0.3 is 0 Å². The van der Waals surface area contributed by atoms with Gasteiger partial charge in [-0.2, -0.15) is 0 Å². The molecule has 0 spiro atoms. The highest BCUT2D eigenvalue weighted by Gasteiger charge is 2.41. The standard InChI is InChI=1S/C22H26BrN3O/c23-20-4-2-1-3-15(20)5-8-25-17-11-16-14-27-10-9-26-21-6-7-24-13-19(21)18(12-17)22(16)26/h1-4,11-12,19,21,24-25H,5-10,13-14H2/t19-,21-/m0/s1. The molecule has 2 N–H and O–H groups in total. The number of halogens is 1. The van der Waals surface area contributed by atoms with Crippen molar-refractivity contribution in [3.8, 4) is 0 Å². The molecule has 0 aliphatic carbocycles. The molecule has 0 bridgehead atoms. The van der Waals surface area contributed by atoms with Crippen LogP contribution in [0, 0.1) is 0 Å². The van der Waals surface area contributed by atoms with E-state index < -0.39 is 0 Å². The molecule has 142 valence electrons. The van der Waals surface area contributed by atoms with Crippen LogP contribution in [0.3, 0.4) is 0 Å². The summed E-state index contributed by atoms with van der Waals surface area (Å²) in [6.07, 6.45) is 2.23. The molecule has 2 atom stereocenters. The largest absolute Gasteiger partial charge is 0.385 e. The molecule has 3 aliphatic heterocycles. The van der Waals surface area contributed by atoms with E-state index in [4.69, 9.17) is 4.74 Å². The van der Waals surface area contributed by atoms with Gasteiger partial charge in [0.25, 0.3) is 0 Å². The maximum atomic E-state index is 5.91. The Morgan fingerprint density at radius 2 is 2.19 bits per heavy atom. The van der Waals surface area contributed by atoms with Crippen molar-refractivity contribution in [2.45, 2.75) is 31.4 Å². The lowest BCUT2D eigenvalue weighted by atomic mass is 9.89. The Balaban J connectivity index is 1.39. The fraction of sp³-hybridized carbons (Fsp3) is 0.455. The molecular weight excluding hydrogens is 402 g/mol. The first-order valence-corrected chi connectivity index (χ1v) is 10.8. The third-order valence-corrected chi connectivity index (χ3v) is 6.94. The molecule has 0 amide bonds. The number of nitrogens with zero attached hydrogens (tertiary/aromatic N) is 1. The van der Waals surface area contributed by atoms with Crippen LogP contribution in [0.1, 0.15) is 29.0 Å². The molecule has 0 unspecified atom stereocenters. The lowest BCUT2D eigenvalue weighted by molar-refractivity contribution is 0.130. The van der Waals surface area contributed by atoms with E-state index in [9.17, 15) is 0 Å². The van der Waals surface area contributed by atoms with Crippen molar-refractivity contribution in [2.24, 2.45) is 0 Å². The Morgan fingerprint density at radius 1 is 1.26 bits per heavy atom. The lowest BCUT2D eigenvalue weighted by Gasteiger charge is -2.33. The van der Waals surface area contributed by atoms with Crippen LogP contribution in [0.4, 0.5) is 11.4 Å². The minimum absolute atomic E-state index is 0.607. The first-order chi connectivity index (χ1) is 13.3. The van der Waals surface area contributed by atoms with Crippen LogP contribution in [-0.2, 0) is 17.8 Å². The summed E-state index contributed by atoms with van der Waals surface area (Å²) in [5.41, 5.74) is 6.90. The van der Waals surface area contributed by atoms with Crippen molar-refractivity contribution < 1.29 is 4.74 Å². The van der Waals surface area contributed by atoms with Crippen molar-refractivity contribution in [2.75, 3.05) is 43.0 Å². The van der Waals surface area contributed by atoms with E-state index in [1.165, 1.54) is 39.0 Å². The minimum atomic E-state index is 0.607. The van der Waals surface area contributed by atoms with Gasteiger partial charge in [-0.15, -0.1) is 0 Å². The Kier molecular flexibility index (Phi) is 4.84. The molecule has 0 radical (unpaired) electrons. The minimum Gasteiger partial charge on any atom is -0.385 e. The second-order valence-electron chi connectivity index (χ2n) is 7.75. The topological polar surface area (TPSA) is 36.5 Å². The van der Waals surface area contributed by atoms with Crippen LogP contribution < -0.4 is 15.5 Å². The van der Waals surface area contributed by atoms with Gasteiger partial charge in [-0.05, 0) is 48.7 Å². The number of anilines is 2. The first-order valence-electron chi connectivity index (χ1n) is 10.0. The fourth-order valence-corrected chi connectivity index (χ4v) is 5.41. The number of nitrogens with one attached hydrogen (secondary N) is 2. The smallest absolute Gasteiger partial charge is 0.0738 e. The molecule has 1 saturated heterocycles. The Labute approximate surface area is 169 Å². The highest BCUT2D eigenvalue weighted by Crippen LogP contribution is 2.47. The number of piperidine rings is 1. The zero-order valence-electron chi connectivity index (χ0n) is 15.5. The molecule has 0 aromatic heterocycles. The molecule has 4 nitrogen and oxygen atoms in total. The number of benzene rings is 2. The second-order valence-corrected chi connectivity index (χ2v) is 8.61. The summed E-state index contributed by atoms with van der Waals surface area (Å²) in [6.45, 7) is 5.72. The van der Waals surface area contributed by atoms with Crippen molar-refractivity contribution in [3.05, 3.63) is 57.6 Å². The maximum absolute atomic E-state index is 5.91. The average Bonchev–Trinajstić information content (AvgIpc) is 2.85. The summed E-state index contributed by atoms with van der Waals surface area (Å²) >= 11 is 3.65. The third-order valence-electron chi connectivity index (χ3n) is 6.17. The Morgan fingerprint density at radius 3 is 3.11 bits per heavy atom. The van der Waals surface area contributed by atoms with Gasteiger partial charge in [-0.1, -0.05) is 34.1 Å². The summed E-state index contributed by atoms with van der Waals surface area (Å²) in [5, 5.41) is 7.27. The summed E-state index contributed by atoms with van der Waals surface area (Å²) in [4.78, 5) is 2.63. The van der Waals surface area contributed by atoms with E-state index in [0.717, 1.165) is 45.8 Å². The van der Waals surface area contributed by atoms with Gasteiger partial charge < -0.3 is 20.3 Å². The normalized spacial score (nSPS) is 23.5. The predicted molar refractivity (Wildman–Crippen MR) is 114 cm³/mol. The van der Waals surface area contributed by atoms with Crippen molar-refractivity contribution in [3.63, 3.8) is 0 Å². The van der Waals surface area contributed by atoms with Crippen LogP contribution in [0.15, 0.2) is 40.9 Å². The number of fused-ring (bicyclic) bond motifs is 3. The van der Waals surface area contributed by atoms with Crippen LogP contribution in [0.25, 0.3) is 0 Å². The summed E-state index contributed by atoms with van der Waals surface area (Å²) in [6, 6.07) is 13.8. The van der Waals surface area contributed by atoms with E-state index in [2.05, 4.69) is 67.9 Å². The molecule has 0 saturated carbocycles.